The van der Waals surface area contributed by atoms with Crippen molar-refractivity contribution in [1.29, 1.82) is 0 Å². The number of hydrogen-bond donors (Lipinski definition) is 0. The molecule has 9 heteroatoms. The maximum Gasteiger partial charge on any atom is 0.416 e. The molecule has 1 fully saturated rings. The average Bonchev–Trinajstić information content (AvgIpc) is 2.99. The number of likely N-dealkylation sites (tertiary alicyclic amines) is 1. The molecule has 0 saturated carbocycles. The third-order valence-electron chi connectivity index (χ3n) is 4.18. The first-order valence-corrected chi connectivity index (χ1v) is 7.74. The summed E-state index contributed by atoms with van der Waals surface area (Å²) in [6.07, 6.45) is -2.16. The minimum Gasteiger partial charge on any atom is -0.384 e. The van der Waals surface area contributed by atoms with Gasteiger partial charge in [0.05, 0.1) is 18.2 Å². The van der Waals surface area contributed by atoms with E-state index < -0.39 is 11.7 Å². The van der Waals surface area contributed by atoms with Gasteiger partial charge in [0.1, 0.15) is 12.2 Å². The molecule has 3 rings (SSSR count). The number of methoxy groups -OCH3 is 1. The molecule has 1 amide bonds. The van der Waals surface area contributed by atoms with E-state index in [0.717, 1.165) is 18.0 Å². The van der Waals surface area contributed by atoms with Crippen LogP contribution < -0.4 is 0 Å². The molecule has 2 heterocycles. The summed E-state index contributed by atoms with van der Waals surface area (Å²) in [5.74, 6) is 0.505. The summed E-state index contributed by atoms with van der Waals surface area (Å²) in [6, 6.07) is 4.34. The van der Waals surface area contributed by atoms with Crippen LogP contribution in [0.5, 0.6) is 0 Å². The number of benzene rings is 1. The van der Waals surface area contributed by atoms with E-state index in [2.05, 4.69) is 10.2 Å². The molecular weight excluding hydrogens is 337 g/mol. The molecule has 2 aromatic rings. The van der Waals surface area contributed by atoms with Crippen molar-refractivity contribution in [3.05, 3.63) is 47.5 Å². The molecule has 25 heavy (non-hydrogen) atoms. The minimum atomic E-state index is -4.41. The van der Waals surface area contributed by atoms with Gasteiger partial charge in [-0.25, -0.2) is 0 Å². The predicted octanol–water partition coefficient (Wildman–Crippen LogP) is 2.18. The van der Waals surface area contributed by atoms with Gasteiger partial charge >= 0.3 is 6.18 Å². The SMILES string of the molecule is COCCc1nncn1C1CN(C(=O)c2ccc(C(F)(F)F)cc2)C1. The quantitative estimate of drug-likeness (QED) is 0.826. The third-order valence-corrected chi connectivity index (χ3v) is 4.18. The molecule has 0 spiro atoms. The lowest BCUT2D eigenvalue weighted by Gasteiger charge is -2.40. The Hall–Kier alpha value is -2.42. The maximum atomic E-state index is 12.6. The summed E-state index contributed by atoms with van der Waals surface area (Å²) >= 11 is 0. The maximum absolute atomic E-state index is 12.6. The lowest BCUT2D eigenvalue weighted by atomic mass is 10.0. The number of carbonyl (C=O) groups is 1. The predicted molar refractivity (Wildman–Crippen MR) is 82.0 cm³/mol. The number of nitrogens with zero attached hydrogens (tertiary/aromatic N) is 4. The van der Waals surface area contributed by atoms with Crippen LogP contribution in [-0.4, -0.2) is 52.4 Å². The van der Waals surface area contributed by atoms with E-state index in [-0.39, 0.29) is 17.5 Å². The molecule has 0 N–H and O–H groups in total. The number of amides is 1. The van der Waals surface area contributed by atoms with E-state index >= 15 is 0 Å². The van der Waals surface area contributed by atoms with Crippen LogP contribution >= 0.6 is 0 Å². The highest BCUT2D eigenvalue weighted by Gasteiger charge is 2.34. The van der Waals surface area contributed by atoms with Crippen molar-refractivity contribution in [2.24, 2.45) is 0 Å². The van der Waals surface area contributed by atoms with Crippen LogP contribution in [0.15, 0.2) is 30.6 Å². The van der Waals surface area contributed by atoms with Gasteiger partial charge in [-0.05, 0) is 24.3 Å². The summed E-state index contributed by atoms with van der Waals surface area (Å²) < 4.78 is 44.7. The van der Waals surface area contributed by atoms with Crippen LogP contribution in [0.2, 0.25) is 0 Å². The topological polar surface area (TPSA) is 60.3 Å². The van der Waals surface area contributed by atoms with Crippen molar-refractivity contribution in [2.45, 2.75) is 18.6 Å². The normalized spacial score (nSPS) is 15.3. The number of carbonyl (C=O) groups excluding carboxylic acids is 1. The van der Waals surface area contributed by atoms with Crippen molar-refractivity contribution in [3.63, 3.8) is 0 Å². The van der Waals surface area contributed by atoms with Crippen molar-refractivity contribution < 1.29 is 22.7 Å². The van der Waals surface area contributed by atoms with Crippen molar-refractivity contribution in [1.82, 2.24) is 19.7 Å². The lowest BCUT2D eigenvalue weighted by molar-refractivity contribution is -0.137. The summed E-state index contributed by atoms with van der Waals surface area (Å²) in [5, 5.41) is 7.93. The minimum absolute atomic E-state index is 0.0697. The Morgan fingerprint density at radius 2 is 1.96 bits per heavy atom. The first-order valence-electron chi connectivity index (χ1n) is 7.74. The molecule has 1 aromatic heterocycles. The molecular formula is C16H17F3N4O2. The Labute approximate surface area is 142 Å². The first kappa shape index (κ1) is 17.4. The molecule has 6 nitrogen and oxygen atoms in total. The summed E-state index contributed by atoms with van der Waals surface area (Å²) in [5.41, 5.74) is -0.521. The van der Waals surface area contributed by atoms with Gasteiger partial charge < -0.3 is 14.2 Å². The fourth-order valence-electron chi connectivity index (χ4n) is 2.73. The molecule has 1 aromatic carbocycles. The van der Waals surface area contributed by atoms with E-state index in [1.54, 1.807) is 18.3 Å². The number of rotatable bonds is 5. The van der Waals surface area contributed by atoms with Crippen molar-refractivity contribution in [3.8, 4) is 0 Å². The summed E-state index contributed by atoms with van der Waals surface area (Å²) in [4.78, 5) is 13.9. The zero-order valence-corrected chi connectivity index (χ0v) is 13.5. The number of hydrogen-bond acceptors (Lipinski definition) is 4. The van der Waals surface area contributed by atoms with Crippen LogP contribution in [0.4, 0.5) is 13.2 Å². The number of aromatic nitrogens is 3. The Bertz CT molecular complexity index is 737. The monoisotopic (exact) mass is 354 g/mol. The lowest BCUT2D eigenvalue weighted by Crippen LogP contribution is -2.51. The zero-order valence-electron chi connectivity index (χ0n) is 13.5. The Morgan fingerprint density at radius 1 is 1.28 bits per heavy atom. The highest BCUT2D eigenvalue weighted by atomic mass is 19.4. The number of ether oxygens (including phenoxy) is 1. The van der Waals surface area contributed by atoms with E-state index in [1.165, 1.54) is 12.1 Å². The van der Waals surface area contributed by atoms with Gasteiger partial charge in [-0.1, -0.05) is 0 Å². The molecule has 0 aliphatic carbocycles. The molecule has 134 valence electrons. The summed E-state index contributed by atoms with van der Waals surface area (Å²) in [7, 11) is 1.61. The number of halogens is 3. The van der Waals surface area contributed by atoms with E-state index in [1.807, 2.05) is 4.57 Å². The first-order chi connectivity index (χ1) is 11.9. The van der Waals surface area contributed by atoms with E-state index in [4.69, 9.17) is 4.74 Å². The second kappa shape index (κ2) is 6.83. The van der Waals surface area contributed by atoms with Crippen LogP contribution in [0, 0.1) is 0 Å². The molecule has 1 saturated heterocycles. The van der Waals surface area contributed by atoms with Gasteiger partial charge in [0, 0.05) is 32.2 Å². The molecule has 1 aliphatic heterocycles. The summed E-state index contributed by atoms with van der Waals surface area (Å²) in [6.45, 7) is 1.47. The zero-order chi connectivity index (χ0) is 18.0. The standard InChI is InChI=1S/C16H17F3N4O2/c1-25-7-6-14-21-20-10-23(14)13-8-22(9-13)15(24)11-2-4-12(5-3-11)16(17,18)19/h2-5,10,13H,6-9H2,1H3. The van der Waals surface area contributed by atoms with Gasteiger partial charge in [0.25, 0.3) is 5.91 Å². The Balaban J connectivity index is 1.61. The molecule has 0 bridgehead atoms. The Morgan fingerprint density at radius 3 is 2.56 bits per heavy atom. The van der Waals surface area contributed by atoms with Gasteiger partial charge in [-0.15, -0.1) is 10.2 Å². The fraction of sp³-hybridized carbons (Fsp3) is 0.438. The van der Waals surface area contributed by atoms with Crippen molar-refractivity contribution >= 4 is 5.91 Å². The van der Waals surface area contributed by atoms with E-state index in [9.17, 15) is 18.0 Å². The molecule has 0 atom stereocenters. The second-order valence-electron chi connectivity index (χ2n) is 5.84. The van der Waals surface area contributed by atoms with Gasteiger partial charge in [0.15, 0.2) is 0 Å². The Kier molecular flexibility index (Phi) is 4.76. The fourth-order valence-corrected chi connectivity index (χ4v) is 2.73. The largest absolute Gasteiger partial charge is 0.416 e. The van der Waals surface area contributed by atoms with Crippen LogP contribution in [0.1, 0.15) is 27.8 Å². The van der Waals surface area contributed by atoms with Crippen LogP contribution in [-0.2, 0) is 17.3 Å². The van der Waals surface area contributed by atoms with Crippen LogP contribution in [0.3, 0.4) is 0 Å². The molecule has 0 radical (unpaired) electrons. The van der Waals surface area contributed by atoms with Gasteiger partial charge in [-0.3, -0.25) is 4.79 Å². The van der Waals surface area contributed by atoms with Crippen LogP contribution in [0.25, 0.3) is 0 Å². The van der Waals surface area contributed by atoms with E-state index in [0.29, 0.717) is 26.1 Å². The smallest absolute Gasteiger partial charge is 0.384 e. The van der Waals surface area contributed by atoms with Gasteiger partial charge in [0.2, 0.25) is 0 Å². The molecule has 0 unspecified atom stereocenters. The highest BCUT2D eigenvalue weighted by molar-refractivity contribution is 5.94. The second-order valence-corrected chi connectivity index (χ2v) is 5.84. The highest BCUT2D eigenvalue weighted by Crippen LogP contribution is 2.30. The third kappa shape index (κ3) is 3.65. The number of alkyl halides is 3. The van der Waals surface area contributed by atoms with Crippen molar-refractivity contribution in [2.75, 3.05) is 26.8 Å². The molecule has 1 aliphatic rings. The average molecular weight is 354 g/mol. The van der Waals surface area contributed by atoms with Gasteiger partial charge in [-0.2, -0.15) is 13.2 Å².